The van der Waals surface area contributed by atoms with E-state index in [4.69, 9.17) is 5.73 Å². The average Bonchev–Trinajstić information content (AvgIpc) is 2.52. The Morgan fingerprint density at radius 3 is 2.90 bits per heavy atom. The molecule has 3 N–H and O–H groups in total. The fourth-order valence-electron chi connectivity index (χ4n) is 1.63. The first-order valence-corrected chi connectivity index (χ1v) is 6.12. The summed E-state index contributed by atoms with van der Waals surface area (Å²) in [5.41, 5.74) is 7.45. The summed E-state index contributed by atoms with van der Waals surface area (Å²) in [7, 11) is 0. The molecule has 0 fully saturated rings. The van der Waals surface area contributed by atoms with Gasteiger partial charge in [0.15, 0.2) is 0 Å². The molecule has 1 amide bonds. The highest BCUT2D eigenvalue weighted by Crippen LogP contribution is 2.07. The van der Waals surface area contributed by atoms with Gasteiger partial charge in [-0.3, -0.25) is 9.78 Å². The SMILES string of the molecule is NCC#Cc1ccccc1CNC(=O)c1cnccn1. The number of carbonyl (C=O) groups is 1. The number of hydrogen-bond acceptors (Lipinski definition) is 4. The number of hydrogen-bond donors (Lipinski definition) is 2. The number of benzene rings is 1. The van der Waals surface area contributed by atoms with E-state index in [0.29, 0.717) is 13.1 Å². The summed E-state index contributed by atoms with van der Waals surface area (Å²) >= 11 is 0. The Hall–Kier alpha value is -2.71. The van der Waals surface area contributed by atoms with E-state index in [1.807, 2.05) is 24.3 Å². The van der Waals surface area contributed by atoms with E-state index >= 15 is 0 Å². The molecule has 2 rings (SSSR count). The van der Waals surface area contributed by atoms with Crippen molar-refractivity contribution in [3.63, 3.8) is 0 Å². The molecule has 0 aliphatic rings. The van der Waals surface area contributed by atoms with Crippen LogP contribution < -0.4 is 11.1 Å². The van der Waals surface area contributed by atoms with E-state index in [1.165, 1.54) is 18.6 Å². The first-order chi connectivity index (χ1) is 9.81. The van der Waals surface area contributed by atoms with Crippen LogP contribution in [0.3, 0.4) is 0 Å². The molecule has 0 bridgehead atoms. The zero-order chi connectivity index (χ0) is 14.2. The second-order valence-electron chi connectivity index (χ2n) is 3.94. The molecule has 100 valence electrons. The molecule has 0 aliphatic heterocycles. The standard InChI is InChI=1S/C15H14N4O/c16-7-3-6-12-4-1-2-5-13(12)10-19-15(20)14-11-17-8-9-18-14/h1-2,4-5,8-9,11H,7,10,16H2,(H,19,20). The van der Waals surface area contributed by atoms with Crippen LogP contribution in [0.2, 0.25) is 0 Å². The summed E-state index contributed by atoms with van der Waals surface area (Å²) in [6.45, 7) is 0.686. The van der Waals surface area contributed by atoms with Crippen molar-refractivity contribution in [2.24, 2.45) is 5.73 Å². The zero-order valence-corrected chi connectivity index (χ0v) is 10.8. The topological polar surface area (TPSA) is 80.9 Å². The fraction of sp³-hybridized carbons (Fsp3) is 0.133. The lowest BCUT2D eigenvalue weighted by atomic mass is 10.1. The number of rotatable bonds is 3. The van der Waals surface area contributed by atoms with Crippen LogP contribution >= 0.6 is 0 Å². The quantitative estimate of drug-likeness (QED) is 0.802. The third-order valence-electron chi connectivity index (χ3n) is 2.58. The molecule has 0 spiro atoms. The summed E-state index contributed by atoms with van der Waals surface area (Å²) in [5, 5.41) is 2.79. The minimum atomic E-state index is -0.264. The van der Waals surface area contributed by atoms with Gasteiger partial charge in [0, 0.05) is 24.5 Å². The molecule has 1 aromatic heterocycles. The van der Waals surface area contributed by atoms with Gasteiger partial charge >= 0.3 is 0 Å². The smallest absolute Gasteiger partial charge is 0.271 e. The highest BCUT2D eigenvalue weighted by Gasteiger charge is 2.07. The van der Waals surface area contributed by atoms with Gasteiger partial charge < -0.3 is 11.1 Å². The van der Waals surface area contributed by atoms with Crippen LogP contribution in [0.1, 0.15) is 21.6 Å². The van der Waals surface area contributed by atoms with Gasteiger partial charge in [0.1, 0.15) is 5.69 Å². The molecule has 2 aromatic rings. The molecule has 0 saturated carbocycles. The van der Waals surface area contributed by atoms with Crippen molar-refractivity contribution in [3.05, 3.63) is 59.7 Å². The van der Waals surface area contributed by atoms with E-state index in [9.17, 15) is 4.79 Å². The number of nitrogens with zero attached hydrogens (tertiary/aromatic N) is 2. The van der Waals surface area contributed by atoms with Crippen molar-refractivity contribution in [3.8, 4) is 11.8 Å². The molecule has 5 heteroatoms. The first kappa shape index (κ1) is 13.7. The fourth-order valence-corrected chi connectivity index (χ4v) is 1.63. The van der Waals surface area contributed by atoms with Gasteiger partial charge in [0.2, 0.25) is 0 Å². The maximum Gasteiger partial charge on any atom is 0.271 e. The van der Waals surface area contributed by atoms with E-state index < -0.39 is 0 Å². The maximum absolute atomic E-state index is 11.9. The van der Waals surface area contributed by atoms with Gasteiger partial charge in [-0.25, -0.2) is 4.98 Å². The van der Waals surface area contributed by atoms with E-state index in [0.717, 1.165) is 11.1 Å². The van der Waals surface area contributed by atoms with Crippen LogP contribution in [0.25, 0.3) is 0 Å². The summed E-state index contributed by atoms with van der Waals surface area (Å²) in [6.07, 6.45) is 4.43. The first-order valence-electron chi connectivity index (χ1n) is 6.12. The predicted molar refractivity (Wildman–Crippen MR) is 75.6 cm³/mol. The zero-order valence-electron chi connectivity index (χ0n) is 10.8. The molecule has 1 aromatic carbocycles. The van der Waals surface area contributed by atoms with Gasteiger partial charge in [-0.1, -0.05) is 30.0 Å². The largest absolute Gasteiger partial charge is 0.347 e. The van der Waals surface area contributed by atoms with Crippen molar-refractivity contribution < 1.29 is 4.79 Å². The normalized spacial score (nSPS) is 9.45. The lowest BCUT2D eigenvalue weighted by Gasteiger charge is -2.06. The van der Waals surface area contributed by atoms with E-state index in [-0.39, 0.29) is 11.6 Å². The van der Waals surface area contributed by atoms with Gasteiger partial charge in [-0.15, -0.1) is 0 Å². The minimum Gasteiger partial charge on any atom is -0.347 e. The Labute approximate surface area is 117 Å². The maximum atomic E-state index is 11.9. The van der Waals surface area contributed by atoms with Gasteiger partial charge in [0.25, 0.3) is 5.91 Å². The van der Waals surface area contributed by atoms with Gasteiger partial charge in [-0.05, 0) is 11.6 Å². The Balaban J connectivity index is 2.06. The molecular formula is C15H14N4O. The molecule has 20 heavy (non-hydrogen) atoms. The molecule has 1 heterocycles. The summed E-state index contributed by atoms with van der Waals surface area (Å²) in [6, 6.07) is 7.61. The summed E-state index contributed by atoms with van der Waals surface area (Å²) < 4.78 is 0. The second-order valence-corrected chi connectivity index (χ2v) is 3.94. The molecule has 0 aliphatic carbocycles. The van der Waals surface area contributed by atoms with Crippen molar-refractivity contribution in [1.29, 1.82) is 0 Å². The summed E-state index contributed by atoms with van der Waals surface area (Å²) in [4.78, 5) is 19.7. The Bertz CT molecular complexity index is 644. The third-order valence-corrected chi connectivity index (χ3v) is 2.58. The molecule has 0 atom stereocenters. The number of carbonyl (C=O) groups excluding carboxylic acids is 1. The Morgan fingerprint density at radius 2 is 2.15 bits per heavy atom. The van der Waals surface area contributed by atoms with Gasteiger partial charge in [0.05, 0.1) is 12.7 Å². The van der Waals surface area contributed by atoms with Crippen LogP contribution in [0, 0.1) is 11.8 Å². The molecular weight excluding hydrogens is 252 g/mol. The lowest BCUT2D eigenvalue weighted by Crippen LogP contribution is -2.24. The van der Waals surface area contributed by atoms with E-state index in [2.05, 4.69) is 27.1 Å². The predicted octanol–water partition coefficient (Wildman–Crippen LogP) is 0.717. The van der Waals surface area contributed by atoms with Crippen LogP contribution in [0.4, 0.5) is 0 Å². The molecule has 5 nitrogen and oxygen atoms in total. The van der Waals surface area contributed by atoms with Crippen LogP contribution in [-0.2, 0) is 6.54 Å². The minimum absolute atomic E-state index is 0.264. The van der Waals surface area contributed by atoms with Crippen molar-refractivity contribution in [1.82, 2.24) is 15.3 Å². The van der Waals surface area contributed by atoms with Crippen molar-refractivity contribution >= 4 is 5.91 Å². The second kappa shape index (κ2) is 7.02. The highest BCUT2D eigenvalue weighted by molar-refractivity contribution is 5.91. The molecule has 0 unspecified atom stereocenters. The monoisotopic (exact) mass is 266 g/mol. The van der Waals surface area contributed by atoms with Crippen molar-refractivity contribution in [2.45, 2.75) is 6.54 Å². The summed E-state index contributed by atoms with van der Waals surface area (Å²) in [5.74, 6) is 5.52. The van der Waals surface area contributed by atoms with E-state index in [1.54, 1.807) is 0 Å². The molecule has 0 saturated heterocycles. The number of aromatic nitrogens is 2. The molecule has 0 radical (unpaired) electrons. The lowest BCUT2D eigenvalue weighted by molar-refractivity contribution is 0.0945. The number of amides is 1. The Morgan fingerprint density at radius 1 is 1.30 bits per heavy atom. The number of nitrogens with one attached hydrogen (secondary N) is 1. The van der Waals surface area contributed by atoms with Gasteiger partial charge in [-0.2, -0.15) is 0 Å². The van der Waals surface area contributed by atoms with Crippen molar-refractivity contribution in [2.75, 3.05) is 6.54 Å². The highest BCUT2D eigenvalue weighted by atomic mass is 16.1. The third kappa shape index (κ3) is 3.64. The van der Waals surface area contributed by atoms with Crippen LogP contribution in [-0.4, -0.2) is 22.4 Å². The van der Waals surface area contributed by atoms with Crippen LogP contribution in [0.15, 0.2) is 42.9 Å². The number of nitrogens with two attached hydrogens (primary N) is 1. The van der Waals surface area contributed by atoms with Crippen LogP contribution in [0.5, 0.6) is 0 Å². The average molecular weight is 266 g/mol. The Kier molecular flexibility index (Phi) is 4.81.